The highest BCUT2D eigenvalue weighted by atomic mass is 15.0. The van der Waals surface area contributed by atoms with Crippen LogP contribution in [0.5, 0.6) is 0 Å². The smallest absolute Gasteiger partial charge is 0.164 e. The summed E-state index contributed by atoms with van der Waals surface area (Å²) in [6.07, 6.45) is 0. The average Bonchev–Trinajstić information content (AvgIpc) is 2.93. The van der Waals surface area contributed by atoms with Crippen LogP contribution in [0.4, 0.5) is 0 Å². The summed E-state index contributed by atoms with van der Waals surface area (Å²) in [6.45, 7) is 0. The lowest BCUT2D eigenvalue weighted by Gasteiger charge is -2.13. The van der Waals surface area contributed by atoms with Gasteiger partial charge in [0.15, 0.2) is 17.5 Å². The molecule has 6 rings (SSSR count). The second-order valence-electron chi connectivity index (χ2n) is 8.11. The van der Waals surface area contributed by atoms with Gasteiger partial charge in [-0.3, -0.25) is 0 Å². The van der Waals surface area contributed by atoms with Crippen LogP contribution in [0.2, 0.25) is 0 Å². The maximum Gasteiger partial charge on any atom is 0.164 e. The number of nitrogens with zero attached hydrogens (tertiary/aromatic N) is 3. The van der Waals surface area contributed by atoms with E-state index >= 15 is 0 Å². The fourth-order valence-electron chi connectivity index (χ4n) is 4.29. The maximum atomic E-state index is 4.93. The van der Waals surface area contributed by atoms with Crippen molar-refractivity contribution in [3.8, 4) is 45.3 Å². The monoisotopic (exact) mass is 435 g/mol. The highest BCUT2D eigenvalue weighted by Gasteiger charge is 2.15. The normalized spacial score (nSPS) is 10.9. The van der Waals surface area contributed by atoms with Crippen LogP contribution in [-0.2, 0) is 0 Å². The summed E-state index contributed by atoms with van der Waals surface area (Å²) in [7, 11) is 0. The highest BCUT2D eigenvalue weighted by Crippen LogP contribution is 2.35. The summed E-state index contributed by atoms with van der Waals surface area (Å²) >= 11 is 0. The second kappa shape index (κ2) is 8.72. The zero-order valence-electron chi connectivity index (χ0n) is 18.5. The van der Waals surface area contributed by atoms with E-state index in [1.807, 2.05) is 66.7 Å². The Morgan fingerprint density at radius 1 is 0.294 bits per heavy atom. The summed E-state index contributed by atoms with van der Waals surface area (Å²) in [4.78, 5) is 14.7. The van der Waals surface area contributed by atoms with Crippen LogP contribution in [0, 0.1) is 0 Å². The quantitative estimate of drug-likeness (QED) is 0.285. The molecule has 0 fully saturated rings. The van der Waals surface area contributed by atoms with Gasteiger partial charge in [-0.15, -0.1) is 0 Å². The van der Waals surface area contributed by atoms with E-state index in [1.54, 1.807) is 0 Å². The molecule has 0 bridgehead atoms. The van der Waals surface area contributed by atoms with Crippen molar-refractivity contribution >= 4 is 10.8 Å². The molecule has 0 atom stereocenters. The molecule has 0 saturated carbocycles. The average molecular weight is 436 g/mol. The topological polar surface area (TPSA) is 38.7 Å². The Morgan fingerprint density at radius 3 is 1.21 bits per heavy atom. The first-order valence-corrected chi connectivity index (χ1v) is 11.3. The van der Waals surface area contributed by atoms with Gasteiger partial charge in [0.05, 0.1) is 0 Å². The Hall–Kier alpha value is -4.63. The van der Waals surface area contributed by atoms with Gasteiger partial charge < -0.3 is 0 Å². The molecule has 0 saturated heterocycles. The van der Waals surface area contributed by atoms with E-state index in [4.69, 9.17) is 15.0 Å². The van der Waals surface area contributed by atoms with Gasteiger partial charge in [-0.25, -0.2) is 15.0 Å². The lowest BCUT2D eigenvalue weighted by Crippen LogP contribution is -2.00. The van der Waals surface area contributed by atoms with Crippen LogP contribution in [0.1, 0.15) is 0 Å². The van der Waals surface area contributed by atoms with Gasteiger partial charge in [-0.05, 0) is 28.0 Å². The molecule has 3 heteroatoms. The molecule has 1 heterocycles. The number of fused-ring (bicyclic) bond motifs is 1. The third-order valence-corrected chi connectivity index (χ3v) is 5.95. The predicted octanol–water partition coefficient (Wildman–Crippen LogP) is 7.69. The number of hydrogen-bond acceptors (Lipinski definition) is 3. The van der Waals surface area contributed by atoms with Crippen LogP contribution >= 0.6 is 0 Å². The van der Waals surface area contributed by atoms with E-state index < -0.39 is 0 Å². The molecular formula is C31H21N3. The van der Waals surface area contributed by atoms with E-state index in [2.05, 4.69) is 60.7 Å². The summed E-state index contributed by atoms with van der Waals surface area (Å²) in [5.74, 6) is 2.00. The Labute approximate surface area is 198 Å². The van der Waals surface area contributed by atoms with Gasteiger partial charge in [0.1, 0.15) is 0 Å². The third kappa shape index (κ3) is 3.74. The molecular weight excluding hydrogens is 414 g/mol. The standard InChI is InChI=1S/C31H21N3/c1-4-12-22(13-5-1)25-20-21-28(27-19-11-10-18-26(25)27)31-33-29(23-14-6-2-7-15-23)32-30(34-31)24-16-8-3-9-17-24/h1-21H. The number of rotatable bonds is 4. The summed E-state index contributed by atoms with van der Waals surface area (Å²) < 4.78 is 0. The zero-order valence-corrected chi connectivity index (χ0v) is 18.5. The molecule has 0 aliphatic heterocycles. The first kappa shape index (κ1) is 20.0. The van der Waals surface area contributed by atoms with Crippen LogP contribution in [0.25, 0.3) is 56.1 Å². The minimum Gasteiger partial charge on any atom is -0.208 e. The van der Waals surface area contributed by atoms with Crippen molar-refractivity contribution in [3.63, 3.8) is 0 Å². The van der Waals surface area contributed by atoms with Crippen molar-refractivity contribution in [2.24, 2.45) is 0 Å². The Morgan fingerprint density at radius 2 is 0.676 bits per heavy atom. The Kier molecular flexibility index (Phi) is 5.13. The van der Waals surface area contributed by atoms with Gasteiger partial charge in [0.2, 0.25) is 0 Å². The van der Waals surface area contributed by atoms with Crippen molar-refractivity contribution in [2.75, 3.05) is 0 Å². The summed E-state index contributed by atoms with van der Waals surface area (Å²) in [5.41, 5.74) is 5.31. The van der Waals surface area contributed by atoms with E-state index in [0.29, 0.717) is 17.5 Å². The molecule has 1 aromatic heterocycles. The van der Waals surface area contributed by atoms with Crippen molar-refractivity contribution in [1.82, 2.24) is 15.0 Å². The van der Waals surface area contributed by atoms with Gasteiger partial charge >= 0.3 is 0 Å². The number of benzene rings is 5. The van der Waals surface area contributed by atoms with Gasteiger partial charge in [0.25, 0.3) is 0 Å². The minimum absolute atomic E-state index is 0.667. The van der Waals surface area contributed by atoms with E-state index in [-0.39, 0.29) is 0 Å². The fourth-order valence-corrected chi connectivity index (χ4v) is 4.29. The molecule has 0 spiro atoms. The molecule has 0 unspecified atom stereocenters. The molecule has 0 amide bonds. The molecule has 0 N–H and O–H groups in total. The van der Waals surface area contributed by atoms with Crippen LogP contribution in [-0.4, -0.2) is 15.0 Å². The summed E-state index contributed by atoms with van der Waals surface area (Å²) in [5, 5.41) is 2.29. The second-order valence-corrected chi connectivity index (χ2v) is 8.11. The first-order chi connectivity index (χ1) is 16.9. The molecule has 3 nitrogen and oxygen atoms in total. The Bertz CT molecular complexity index is 1520. The van der Waals surface area contributed by atoms with Gasteiger partial charge in [-0.1, -0.05) is 121 Å². The SMILES string of the molecule is c1ccc(-c2nc(-c3ccccc3)nc(-c3ccc(-c4ccccc4)c4ccccc34)n2)cc1. The first-order valence-electron chi connectivity index (χ1n) is 11.3. The molecule has 0 aliphatic rings. The van der Waals surface area contributed by atoms with Gasteiger partial charge in [0, 0.05) is 16.7 Å². The lowest BCUT2D eigenvalue weighted by atomic mass is 9.95. The summed E-state index contributed by atoms with van der Waals surface area (Å²) in [6, 6.07) is 43.4. The molecule has 0 aliphatic carbocycles. The van der Waals surface area contributed by atoms with Crippen LogP contribution < -0.4 is 0 Å². The van der Waals surface area contributed by atoms with Crippen molar-refractivity contribution < 1.29 is 0 Å². The Balaban J connectivity index is 1.60. The van der Waals surface area contributed by atoms with E-state index in [0.717, 1.165) is 22.1 Å². The molecule has 0 radical (unpaired) electrons. The van der Waals surface area contributed by atoms with E-state index in [1.165, 1.54) is 16.5 Å². The van der Waals surface area contributed by atoms with Crippen molar-refractivity contribution in [3.05, 3.63) is 127 Å². The van der Waals surface area contributed by atoms with Crippen molar-refractivity contribution in [2.45, 2.75) is 0 Å². The van der Waals surface area contributed by atoms with Crippen LogP contribution in [0.15, 0.2) is 127 Å². The van der Waals surface area contributed by atoms with Crippen molar-refractivity contribution in [1.29, 1.82) is 0 Å². The van der Waals surface area contributed by atoms with E-state index in [9.17, 15) is 0 Å². The zero-order chi connectivity index (χ0) is 22.7. The fraction of sp³-hybridized carbons (Fsp3) is 0. The molecule has 6 aromatic rings. The predicted molar refractivity (Wildman–Crippen MR) is 139 cm³/mol. The molecule has 34 heavy (non-hydrogen) atoms. The number of aromatic nitrogens is 3. The largest absolute Gasteiger partial charge is 0.208 e. The number of hydrogen-bond donors (Lipinski definition) is 0. The van der Waals surface area contributed by atoms with Crippen LogP contribution in [0.3, 0.4) is 0 Å². The minimum atomic E-state index is 0.667. The molecule has 160 valence electrons. The lowest BCUT2D eigenvalue weighted by molar-refractivity contribution is 1.08. The molecule has 5 aromatic carbocycles. The third-order valence-electron chi connectivity index (χ3n) is 5.95. The maximum absolute atomic E-state index is 4.93. The van der Waals surface area contributed by atoms with Gasteiger partial charge in [-0.2, -0.15) is 0 Å². The highest BCUT2D eigenvalue weighted by molar-refractivity contribution is 6.04.